The molecule has 2 aliphatic rings. The summed E-state index contributed by atoms with van der Waals surface area (Å²) in [6.07, 6.45) is 5.24. The molecule has 0 bridgehead atoms. The average Bonchev–Trinajstić information content (AvgIpc) is 3.29. The smallest absolute Gasteiger partial charge is 0.243 e. The maximum absolute atomic E-state index is 12.7. The minimum atomic E-state index is -3.42. The van der Waals surface area contributed by atoms with Crippen molar-refractivity contribution in [2.45, 2.75) is 49.2 Å². The van der Waals surface area contributed by atoms with Crippen LogP contribution in [-0.2, 0) is 14.6 Å². The number of aromatic nitrogens is 1. The fraction of sp³-hybridized carbons (Fsp3) is 0.625. The van der Waals surface area contributed by atoms with Gasteiger partial charge in [0.15, 0.2) is 9.84 Å². The van der Waals surface area contributed by atoms with Crippen LogP contribution in [0.2, 0.25) is 0 Å². The van der Waals surface area contributed by atoms with Crippen molar-refractivity contribution in [2.75, 3.05) is 13.1 Å². The largest absolute Gasteiger partial charge is 0.488 e. The lowest BCUT2D eigenvalue weighted by Gasteiger charge is -2.29. The molecule has 7 heteroatoms. The van der Waals surface area contributed by atoms with Crippen LogP contribution in [0.4, 0.5) is 0 Å². The molecule has 1 aromatic heterocycles. The van der Waals surface area contributed by atoms with Crippen LogP contribution >= 0.6 is 0 Å². The Labute approximate surface area is 136 Å². The molecule has 0 radical (unpaired) electrons. The first-order chi connectivity index (χ1) is 10.8. The van der Waals surface area contributed by atoms with E-state index in [0.29, 0.717) is 38.1 Å². The second-order valence-corrected chi connectivity index (χ2v) is 9.49. The molecule has 1 aliphatic heterocycles. The fourth-order valence-corrected chi connectivity index (χ4v) is 4.88. The van der Waals surface area contributed by atoms with Gasteiger partial charge in [-0.1, -0.05) is 0 Å². The summed E-state index contributed by atoms with van der Waals surface area (Å²) in [6.45, 7) is 4.00. The molecule has 1 amide bonds. The summed E-state index contributed by atoms with van der Waals surface area (Å²) in [6, 6.07) is 3.54. The molecule has 1 saturated heterocycles. The van der Waals surface area contributed by atoms with Gasteiger partial charge in [-0.05, 0) is 38.8 Å². The number of pyridine rings is 1. The second kappa shape index (κ2) is 5.78. The molecule has 0 unspecified atom stereocenters. The van der Waals surface area contributed by atoms with Crippen molar-refractivity contribution in [1.29, 1.82) is 0 Å². The van der Waals surface area contributed by atoms with E-state index < -0.39 is 14.6 Å². The molecule has 1 aliphatic carbocycles. The van der Waals surface area contributed by atoms with Gasteiger partial charge >= 0.3 is 0 Å². The molecular formula is C16H22N2O4S. The van der Waals surface area contributed by atoms with E-state index >= 15 is 0 Å². The van der Waals surface area contributed by atoms with Gasteiger partial charge in [-0.3, -0.25) is 9.78 Å². The normalized spacial score (nSPS) is 22.2. The van der Waals surface area contributed by atoms with Crippen molar-refractivity contribution in [3.63, 3.8) is 0 Å². The molecule has 6 nitrogen and oxygen atoms in total. The number of hydrogen-bond acceptors (Lipinski definition) is 5. The predicted octanol–water partition coefficient (Wildman–Crippen LogP) is 1.42. The van der Waals surface area contributed by atoms with Gasteiger partial charge in [0.05, 0.1) is 11.8 Å². The van der Waals surface area contributed by atoms with E-state index in [0.717, 1.165) is 0 Å². The van der Waals surface area contributed by atoms with Gasteiger partial charge in [0.2, 0.25) is 5.91 Å². The summed E-state index contributed by atoms with van der Waals surface area (Å²) < 4.78 is 29.5. The molecular weight excluding hydrogens is 316 g/mol. The Morgan fingerprint density at radius 1 is 1.26 bits per heavy atom. The maximum Gasteiger partial charge on any atom is 0.243 e. The third kappa shape index (κ3) is 3.06. The Hall–Kier alpha value is -1.63. The first-order valence-electron chi connectivity index (χ1n) is 7.92. The average molecular weight is 338 g/mol. The van der Waals surface area contributed by atoms with E-state index in [-0.39, 0.29) is 17.3 Å². The molecule has 1 aromatic rings. The van der Waals surface area contributed by atoms with Crippen LogP contribution in [-0.4, -0.2) is 53.4 Å². The maximum atomic E-state index is 12.7. The van der Waals surface area contributed by atoms with Gasteiger partial charge < -0.3 is 9.64 Å². The number of hydrogen-bond donors (Lipinski definition) is 0. The van der Waals surface area contributed by atoms with Crippen molar-refractivity contribution in [3.05, 3.63) is 24.5 Å². The Kier molecular flexibility index (Phi) is 4.08. The van der Waals surface area contributed by atoms with E-state index in [1.807, 2.05) is 0 Å². The predicted molar refractivity (Wildman–Crippen MR) is 85.9 cm³/mol. The highest BCUT2D eigenvalue weighted by Crippen LogP contribution is 2.37. The molecule has 0 spiro atoms. The van der Waals surface area contributed by atoms with Crippen LogP contribution in [0.15, 0.2) is 24.5 Å². The van der Waals surface area contributed by atoms with Crippen LogP contribution in [0.5, 0.6) is 5.75 Å². The van der Waals surface area contributed by atoms with Gasteiger partial charge in [0.1, 0.15) is 16.6 Å². The van der Waals surface area contributed by atoms with E-state index in [1.54, 1.807) is 29.4 Å². The first-order valence-corrected chi connectivity index (χ1v) is 9.46. The van der Waals surface area contributed by atoms with E-state index in [1.165, 1.54) is 13.8 Å². The molecule has 2 heterocycles. The fourth-order valence-electron chi connectivity index (χ4n) is 2.92. The highest BCUT2D eigenvalue weighted by atomic mass is 32.2. The van der Waals surface area contributed by atoms with Crippen molar-refractivity contribution in [1.82, 2.24) is 9.88 Å². The molecule has 1 saturated carbocycles. The Morgan fingerprint density at radius 3 is 2.52 bits per heavy atom. The second-order valence-electron chi connectivity index (χ2n) is 6.72. The van der Waals surface area contributed by atoms with Crippen LogP contribution in [0.3, 0.4) is 0 Å². The van der Waals surface area contributed by atoms with Gasteiger partial charge in [0, 0.05) is 25.4 Å². The van der Waals surface area contributed by atoms with Crippen molar-refractivity contribution in [2.24, 2.45) is 0 Å². The highest BCUT2D eigenvalue weighted by Gasteiger charge is 2.52. The van der Waals surface area contributed by atoms with Crippen LogP contribution < -0.4 is 4.74 Å². The summed E-state index contributed by atoms with van der Waals surface area (Å²) >= 11 is 0. The molecule has 1 atom stereocenters. The quantitative estimate of drug-likeness (QED) is 0.811. The lowest BCUT2D eigenvalue weighted by molar-refractivity contribution is -0.132. The Balaban J connectivity index is 1.65. The molecule has 0 aromatic carbocycles. The number of nitrogens with zero attached hydrogens (tertiary/aromatic N) is 2. The van der Waals surface area contributed by atoms with Gasteiger partial charge in [-0.15, -0.1) is 0 Å². The standard InChI is InChI=1S/C16H22N2O4S/c1-16(2,23(20,21)14-3-4-14)15(19)18-10-7-13(11-18)22-12-5-8-17-9-6-12/h5-6,8-9,13-14H,3-4,7,10-11H2,1-2H3/t13-/m1/s1. The minimum absolute atomic E-state index is 0.110. The van der Waals surface area contributed by atoms with E-state index in [2.05, 4.69) is 4.98 Å². The molecule has 126 valence electrons. The zero-order valence-corrected chi connectivity index (χ0v) is 14.3. The van der Waals surface area contributed by atoms with Crippen LogP contribution in [0.25, 0.3) is 0 Å². The minimum Gasteiger partial charge on any atom is -0.488 e. The third-order valence-electron chi connectivity index (χ3n) is 4.57. The Bertz CT molecular complexity index is 683. The third-order valence-corrected chi connectivity index (χ3v) is 7.52. The summed E-state index contributed by atoms with van der Waals surface area (Å²) in [5, 5.41) is -0.340. The van der Waals surface area contributed by atoms with Gasteiger partial charge in [-0.25, -0.2) is 8.42 Å². The van der Waals surface area contributed by atoms with Crippen molar-refractivity contribution >= 4 is 15.7 Å². The molecule has 2 fully saturated rings. The molecule has 0 N–H and O–H groups in total. The number of carbonyl (C=O) groups excluding carboxylic acids is 1. The SMILES string of the molecule is CC(C)(C(=O)N1CC[C@@H](Oc2ccncc2)C1)S(=O)(=O)C1CC1. The lowest BCUT2D eigenvalue weighted by Crippen LogP contribution is -2.50. The number of likely N-dealkylation sites (tertiary alicyclic amines) is 1. The summed E-state index contributed by atoms with van der Waals surface area (Å²) in [7, 11) is -3.42. The Morgan fingerprint density at radius 2 is 1.91 bits per heavy atom. The number of carbonyl (C=O) groups is 1. The summed E-state index contributed by atoms with van der Waals surface area (Å²) in [4.78, 5) is 18.3. The number of ether oxygens (including phenoxy) is 1. The summed E-state index contributed by atoms with van der Waals surface area (Å²) in [5.41, 5.74) is 0. The van der Waals surface area contributed by atoms with Gasteiger partial charge in [-0.2, -0.15) is 0 Å². The molecule has 3 rings (SSSR count). The monoisotopic (exact) mass is 338 g/mol. The van der Waals surface area contributed by atoms with Crippen molar-refractivity contribution in [3.8, 4) is 5.75 Å². The van der Waals surface area contributed by atoms with E-state index in [4.69, 9.17) is 4.74 Å². The first kappa shape index (κ1) is 16.2. The lowest BCUT2D eigenvalue weighted by atomic mass is 10.2. The number of amides is 1. The van der Waals surface area contributed by atoms with E-state index in [9.17, 15) is 13.2 Å². The van der Waals surface area contributed by atoms with Gasteiger partial charge in [0.25, 0.3) is 0 Å². The molecule has 23 heavy (non-hydrogen) atoms. The van der Waals surface area contributed by atoms with Crippen molar-refractivity contribution < 1.29 is 17.9 Å². The highest BCUT2D eigenvalue weighted by molar-refractivity contribution is 7.94. The number of sulfone groups is 1. The zero-order valence-electron chi connectivity index (χ0n) is 13.4. The summed E-state index contributed by atoms with van der Waals surface area (Å²) in [5.74, 6) is 0.398. The topological polar surface area (TPSA) is 76.6 Å². The zero-order chi connectivity index (χ0) is 16.7. The van der Waals surface area contributed by atoms with Crippen LogP contribution in [0.1, 0.15) is 33.1 Å². The van der Waals surface area contributed by atoms with Crippen LogP contribution in [0, 0.1) is 0 Å². The number of rotatable bonds is 5.